The molecule has 1 saturated heterocycles. The first-order valence-corrected chi connectivity index (χ1v) is 12.7. The Balaban J connectivity index is 2.05. The van der Waals surface area contributed by atoms with Gasteiger partial charge in [-0.1, -0.05) is 18.3 Å². The Kier molecular flexibility index (Phi) is 8.30. The van der Waals surface area contributed by atoms with E-state index in [4.69, 9.17) is 21.7 Å². The van der Waals surface area contributed by atoms with Crippen LogP contribution in [0.2, 0.25) is 0 Å². The first-order chi connectivity index (χ1) is 15.7. The van der Waals surface area contributed by atoms with E-state index in [1.165, 1.54) is 54.3 Å². The van der Waals surface area contributed by atoms with Gasteiger partial charge >= 0.3 is 11.9 Å². The molecule has 2 aliphatic rings. The largest absolute Gasteiger partial charge is 0.467 e. The van der Waals surface area contributed by atoms with Crippen molar-refractivity contribution in [3.8, 4) is 0 Å². The second-order valence-corrected chi connectivity index (χ2v) is 10.2. The van der Waals surface area contributed by atoms with E-state index in [2.05, 4.69) is 0 Å². The molecule has 2 amide bonds. The molecule has 4 atom stereocenters. The van der Waals surface area contributed by atoms with Crippen molar-refractivity contribution in [1.82, 2.24) is 9.80 Å². The van der Waals surface area contributed by atoms with Crippen molar-refractivity contribution in [3.63, 3.8) is 0 Å². The predicted molar refractivity (Wildman–Crippen MR) is 130 cm³/mol. The number of amides is 2. The van der Waals surface area contributed by atoms with Gasteiger partial charge < -0.3 is 19.3 Å². The fraction of sp³-hybridized carbons (Fsp3) is 0.500. The molecule has 8 nitrogen and oxygen atoms in total. The Labute approximate surface area is 206 Å². The maximum absolute atomic E-state index is 13.0. The number of carbonyl (C=O) groups is 4. The average molecular weight is 511 g/mol. The smallest absolute Gasteiger partial charge is 0.328 e. The number of thiocarbonyl (C=S) groups is 1. The van der Waals surface area contributed by atoms with Crippen molar-refractivity contribution in [1.29, 1.82) is 0 Å². The maximum atomic E-state index is 13.0. The maximum Gasteiger partial charge on any atom is 0.328 e. The molecule has 1 fully saturated rings. The van der Waals surface area contributed by atoms with Crippen LogP contribution in [0.15, 0.2) is 28.8 Å². The molecule has 178 valence electrons. The molecule has 3 rings (SSSR count). The molecular formula is C22H26N2O6S3. The highest BCUT2D eigenvalue weighted by atomic mass is 32.2. The molecule has 0 N–H and O–H groups in total. The van der Waals surface area contributed by atoms with Gasteiger partial charge in [-0.2, -0.15) is 0 Å². The number of nitrogens with zero attached hydrogens (tertiary/aromatic N) is 2. The number of thiophene rings is 1. The molecule has 2 aliphatic heterocycles. The van der Waals surface area contributed by atoms with Crippen molar-refractivity contribution >= 4 is 64.4 Å². The van der Waals surface area contributed by atoms with Gasteiger partial charge in [0.15, 0.2) is 0 Å². The van der Waals surface area contributed by atoms with E-state index in [-0.39, 0.29) is 29.7 Å². The van der Waals surface area contributed by atoms with E-state index in [1.54, 1.807) is 11.8 Å². The molecule has 0 aliphatic carbocycles. The van der Waals surface area contributed by atoms with E-state index >= 15 is 0 Å². The van der Waals surface area contributed by atoms with Gasteiger partial charge in [0.25, 0.3) is 0 Å². The van der Waals surface area contributed by atoms with Crippen molar-refractivity contribution in [3.05, 3.63) is 33.7 Å². The third kappa shape index (κ3) is 4.99. The van der Waals surface area contributed by atoms with E-state index < -0.39 is 23.4 Å². The molecule has 0 saturated carbocycles. The van der Waals surface area contributed by atoms with Crippen LogP contribution < -0.4 is 0 Å². The van der Waals surface area contributed by atoms with Crippen molar-refractivity contribution in [2.45, 2.75) is 56.3 Å². The van der Waals surface area contributed by atoms with Crippen molar-refractivity contribution in [2.24, 2.45) is 0 Å². The van der Waals surface area contributed by atoms with Gasteiger partial charge in [-0.15, -0.1) is 23.1 Å². The van der Waals surface area contributed by atoms with Crippen LogP contribution in [0.1, 0.15) is 44.4 Å². The molecule has 0 bridgehead atoms. The van der Waals surface area contributed by atoms with Crippen LogP contribution in [0.4, 0.5) is 0 Å². The first-order valence-electron chi connectivity index (χ1n) is 10.4. The third-order valence-corrected chi connectivity index (χ3v) is 8.42. The Bertz CT molecular complexity index is 977. The molecule has 0 aromatic carbocycles. The summed E-state index contributed by atoms with van der Waals surface area (Å²) < 4.78 is 10.3. The van der Waals surface area contributed by atoms with Crippen LogP contribution in [-0.4, -0.2) is 69.4 Å². The van der Waals surface area contributed by atoms with Crippen LogP contribution >= 0.6 is 35.3 Å². The fourth-order valence-corrected chi connectivity index (χ4v) is 7.07. The minimum absolute atomic E-state index is 0.0363. The summed E-state index contributed by atoms with van der Waals surface area (Å²) in [5.74, 6) is -1.73. The molecule has 0 spiro atoms. The number of esters is 2. The topological polar surface area (TPSA) is 93.2 Å². The Morgan fingerprint density at radius 3 is 2.61 bits per heavy atom. The minimum atomic E-state index is -0.869. The SMILES string of the molecule is COC(=O)C(CCC=S)N(C(C)=O)C1S[C@@H]2[C@H](c3cccs3)C(=O)N2C(C)=C1COC(C)=O. The zero-order valence-corrected chi connectivity index (χ0v) is 21.3. The second-order valence-electron chi connectivity index (χ2n) is 7.68. The highest BCUT2D eigenvalue weighted by Gasteiger charge is 2.55. The summed E-state index contributed by atoms with van der Waals surface area (Å²) in [6.07, 6.45) is 0.735. The molecule has 1 aromatic rings. The number of hydrogen-bond acceptors (Lipinski definition) is 9. The van der Waals surface area contributed by atoms with E-state index in [1.807, 2.05) is 17.5 Å². The zero-order chi connectivity index (χ0) is 24.3. The number of hydrogen-bond donors (Lipinski definition) is 0. The van der Waals surface area contributed by atoms with Gasteiger partial charge in [-0.3, -0.25) is 14.4 Å². The van der Waals surface area contributed by atoms with Crippen molar-refractivity contribution < 1.29 is 28.7 Å². The highest BCUT2D eigenvalue weighted by molar-refractivity contribution is 8.00. The lowest BCUT2D eigenvalue weighted by atomic mass is 9.94. The lowest BCUT2D eigenvalue weighted by Gasteiger charge is -2.53. The van der Waals surface area contributed by atoms with E-state index in [0.717, 1.165) is 4.88 Å². The van der Waals surface area contributed by atoms with Gasteiger partial charge in [0.05, 0.1) is 7.11 Å². The molecule has 11 heteroatoms. The number of thioether (sulfide) groups is 1. The fourth-order valence-electron chi connectivity index (χ4n) is 4.11. The quantitative estimate of drug-likeness (QED) is 0.284. The third-order valence-electron chi connectivity index (χ3n) is 5.70. The van der Waals surface area contributed by atoms with Crippen LogP contribution in [0.25, 0.3) is 0 Å². The predicted octanol–water partition coefficient (Wildman–Crippen LogP) is 3.08. The van der Waals surface area contributed by atoms with Crippen LogP contribution in [0, 0.1) is 0 Å². The zero-order valence-electron chi connectivity index (χ0n) is 18.8. The molecule has 2 unspecified atom stereocenters. The Morgan fingerprint density at radius 2 is 2.06 bits per heavy atom. The normalized spacial score (nSPS) is 22.7. The van der Waals surface area contributed by atoms with Gasteiger partial charge in [-0.05, 0) is 36.6 Å². The van der Waals surface area contributed by atoms with E-state index in [9.17, 15) is 19.2 Å². The second kappa shape index (κ2) is 10.8. The van der Waals surface area contributed by atoms with Gasteiger partial charge in [-0.25, -0.2) is 4.79 Å². The number of rotatable bonds is 9. The number of methoxy groups -OCH3 is 1. The summed E-state index contributed by atoms with van der Waals surface area (Å²) in [6, 6.07) is 2.95. The summed E-state index contributed by atoms with van der Waals surface area (Å²) >= 11 is 7.85. The molecular weight excluding hydrogens is 484 g/mol. The van der Waals surface area contributed by atoms with Crippen molar-refractivity contribution in [2.75, 3.05) is 13.7 Å². The summed E-state index contributed by atoms with van der Waals surface area (Å²) in [4.78, 5) is 54.3. The molecule has 0 radical (unpaired) electrons. The highest BCUT2D eigenvalue weighted by Crippen LogP contribution is 2.52. The standard InChI is InChI=1S/C22H26N2O6S3/c1-12-15(11-30-14(3)26)20(24(13(2)25)16(7-5-9-31)22(28)29-4)33-21-18(19(27)23(12)21)17-8-6-10-32-17/h6,8-10,16,18,20-21H,5,7,11H2,1-4H3/t16?,18-,20?,21-/m1/s1. The first kappa shape index (κ1) is 25.4. The summed E-state index contributed by atoms with van der Waals surface area (Å²) in [5.41, 5.74) is 1.23. The Hall–Kier alpha value is -2.24. The lowest BCUT2D eigenvalue weighted by molar-refractivity contribution is -0.153. The number of β-lactam (4-membered cyclic amide) rings is 1. The van der Waals surface area contributed by atoms with Crippen LogP contribution in [0.3, 0.4) is 0 Å². The van der Waals surface area contributed by atoms with Gasteiger partial charge in [0.1, 0.15) is 29.3 Å². The monoisotopic (exact) mass is 510 g/mol. The van der Waals surface area contributed by atoms with E-state index in [0.29, 0.717) is 24.1 Å². The number of ether oxygens (including phenoxy) is 2. The molecule has 33 heavy (non-hydrogen) atoms. The van der Waals surface area contributed by atoms with Gasteiger partial charge in [0, 0.05) is 30.0 Å². The Morgan fingerprint density at radius 1 is 1.33 bits per heavy atom. The minimum Gasteiger partial charge on any atom is -0.467 e. The molecule has 3 heterocycles. The average Bonchev–Trinajstić information content (AvgIpc) is 3.28. The number of allylic oxidation sites excluding steroid dienone is 1. The van der Waals surface area contributed by atoms with Gasteiger partial charge in [0.2, 0.25) is 11.8 Å². The molecule has 1 aromatic heterocycles. The summed E-state index contributed by atoms with van der Waals surface area (Å²) in [6.45, 7) is 4.37. The van der Waals surface area contributed by atoms with Crippen LogP contribution in [0.5, 0.6) is 0 Å². The number of carbonyl (C=O) groups excluding carboxylic acids is 4. The van der Waals surface area contributed by atoms with Crippen LogP contribution in [-0.2, 0) is 28.7 Å². The summed E-state index contributed by atoms with van der Waals surface area (Å²) in [5, 5.41) is 2.58. The summed E-state index contributed by atoms with van der Waals surface area (Å²) in [7, 11) is 1.28. The number of fused-ring (bicyclic) bond motifs is 1. The lowest BCUT2D eigenvalue weighted by Crippen LogP contribution is -2.62.